The quantitative estimate of drug-likeness (QED) is 0.411. The monoisotopic (exact) mass is 465 g/mol. The summed E-state index contributed by atoms with van der Waals surface area (Å²) in [5.41, 5.74) is 2.34. The lowest BCUT2D eigenvalue weighted by Gasteiger charge is -2.32. The van der Waals surface area contributed by atoms with Crippen LogP contribution in [0.25, 0.3) is 20.4 Å². The third-order valence-corrected chi connectivity index (χ3v) is 8.53. The standard InChI is InChI=1S/C24H27N5OS2/c1-15-16(2)31-24-21(15)22(26-14-27-24)29-12-9-17(10-13-29)23(30)25-11-5-8-20-28-18-6-3-4-7-19(18)32-20/h3-4,6-7,14,17H,5,8-13H2,1-2H3,(H,25,30). The molecule has 1 N–H and O–H groups in total. The summed E-state index contributed by atoms with van der Waals surface area (Å²) in [7, 11) is 0. The number of anilines is 1. The van der Waals surface area contributed by atoms with E-state index in [4.69, 9.17) is 0 Å². The fourth-order valence-corrected chi connectivity index (χ4v) is 6.38. The van der Waals surface area contributed by atoms with E-state index >= 15 is 0 Å². The molecule has 0 radical (unpaired) electrons. The van der Waals surface area contributed by atoms with Crippen molar-refractivity contribution in [1.82, 2.24) is 20.3 Å². The predicted molar refractivity (Wildman–Crippen MR) is 133 cm³/mol. The number of thiazole rings is 1. The summed E-state index contributed by atoms with van der Waals surface area (Å²) < 4.78 is 1.23. The highest BCUT2D eigenvalue weighted by Gasteiger charge is 2.27. The topological polar surface area (TPSA) is 71.0 Å². The van der Waals surface area contributed by atoms with Crippen LogP contribution in [-0.2, 0) is 11.2 Å². The zero-order valence-electron chi connectivity index (χ0n) is 18.4. The molecule has 1 aromatic carbocycles. The average molecular weight is 466 g/mol. The highest BCUT2D eigenvalue weighted by Crippen LogP contribution is 2.35. The van der Waals surface area contributed by atoms with Crippen LogP contribution in [0.3, 0.4) is 0 Å². The van der Waals surface area contributed by atoms with Crippen molar-refractivity contribution in [1.29, 1.82) is 0 Å². The highest BCUT2D eigenvalue weighted by atomic mass is 32.1. The molecule has 1 amide bonds. The lowest BCUT2D eigenvalue weighted by molar-refractivity contribution is -0.125. The summed E-state index contributed by atoms with van der Waals surface area (Å²) in [4.78, 5) is 31.1. The lowest BCUT2D eigenvalue weighted by Crippen LogP contribution is -2.41. The van der Waals surface area contributed by atoms with Gasteiger partial charge < -0.3 is 10.2 Å². The molecule has 0 spiro atoms. The van der Waals surface area contributed by atoms with E-state index in [1.54, 1.807) is 29.0 Å². The number of aryl methyl sites for hydroxylation is 3. The van der Waals surface area contributed by atoms with Gasteiger partial charge in [-0.1, -0.05) is 12.1 Å². The Hall–Kier alpha value is -2.58. The third kappa shape index (κ3) is 4.21. The number of piperidine rings is 1. The number of carbonyl (C=O) groups excluding carboxylic acids is 1. The van der Waals surface area contributed by atoms with Crippen molar-refractivity contribution in [3.8, 4) is 0 Å². The Morgan fingerprint density at radius 1 is 1.16 bits per heavy atom. The van der Waals surface area contributed by atoms with Crippen molar-refractivity contribution >= 4 is 54.8 Å². The van der Waals surface area contributed by atoms with Crippen molar-refractivity contribution in [2.75, 3.05) is 24.5 Å². The summed E-state index contributed by atoms with van der Waals surface area (Å²) >= 11 is 3.47. The number of hydrogen-bond donors (Lipinski definition) is 1. The van der Waals surface area contributed by atoms with E-state index in [1.165, 1.54) is 20.5 Å². The number of aromatic nitrogens is 3. The van der Waals surface area contributed by atoms with Crippen LogP contribution < -0.4 is 10.2 Å². The first-order valence-corrected chi connectivity index (χ1v) is 12.8. The smallest absolute Gasteiger partial charge is 0.223 e. The molecule has 1 aliphatic heterocycles. The van der Waals surface area contributed by atoms with Gasteiger partial charge in [0, 0.05) is 36.9 Å². The van der Waals surface area contributed by atoms with Gasteiger partial charge in [-0.15, -0.1) is 22.7 Å². The van der Waals surface area contributed by atoms with Crippen LogP contribution in [0.15, 0.2) is 30.6 Å². The SMILES string of the molecule is Cc1sc2ncnc(N3CCC(C(=O)NCCCc4nc5ccccc5s4)CC3)c2c1C. The molecule has 4 aromatic rings. The maximum Gasteiger partial charge on any atom is 0.223 e. The van der Waals surface area contributed by atoms with Crippen LogP contribution in [0.5, 0.6) is 0 Å². The molecule has 1 fully saturated rings. The molecule has 1 aliphatic rings. The molecule has 6 nitrogen and oxygen atoms in total. The molecule has 0 aliphatic carbocycles. The van der Waals surface area contributed by atoms with E-state index in [9.17, 15) is 4.79 Å². The van der Waals surface area contributed by atoms with Gasteiger partial charge in [0.2, 0.25) is 5.91 Å². The first kappa shape index (κ1) is 21.3. The Labute approximate surface area is 195 Å². The summed E-state index contributed by atoms with van der Waals surface area (Å²) in [5, 5.41) is 5.46. The molecule has 3 aromatic heterocycles. The molecule has 8 heteroatoms. The second-order valence-corrected chi connectivity index (χ2v) is 10.7. The highest BCUT2D eigenvalue weighted by molar-refractivity contribution is 7.19. The summed E-state index contributed by atoms with van der Waals surface area (Å²) in [6, 6.07) is 8.23. The van der Waals surface area contributed by atoms with Crippen LogP contribution in [0.2, 0.25) is 0 Å². The fourth-order valence-electron chi connectivity index (χ4n) is 4.38. The van der Waals surface area contributed by atoms with Gasteiger partial charge in [0.25, 0.3) is 0 Å². The van der Waals surface area contributed by atoms with E-state index < -0.39 is 0 Å². The zero-order chi connectivity index (χ0) is 22.1. The fraction of sp³-hybridized carbons (Fsp3) is 0.417. The number of benzene rings is 1. The predicted octanol–water partition coefficient (Wildman–Crippen LogP) is 4.88. The largest absolute Gasteiger partial charge is 0.356 e. The molecule has 32 heavy (non-hydrogen) atoms. The maximum atomic E-state index is 12.7. The Morgan fingerprint density at radius 2 is 1.97 bits per heavy atom. The van der Waals surface area contributed by atoms with Gasteiger partial charge in [-0.2, -0.15) is 0 Å². The summed E-state index contributed by atoms with van der Waals surface area (Å²) in [6.07, 6.45) is 5.20. The first-order chi connectivity index (χ1) is 15.6. The number of carbonyl (C=O) groups is 1. The van der Waals surface area contributed by atoms with E-state index in [2.05, 4.69) is 51.1 Å². The number of para-hydroxylation sites is 1. The number of nitrogens with one attached hydrogen (secondary N) is 1. The van der Waals surface area contributed by atoms with Crippen molar-refractivity contribution in [2.45, 2.75) is 39.5 Å². The van der Waals surface area contributed by atoms with Crippen molar-refractivity contribution < 1.29 is 4.79 Å². The molecule has 1 saturated heterocycles. The van der Waals surface area contributed by atoms with Gasteiger partial charge in [0.1, 0.15) is 17.0 Å². The Kier molecular flexibility index (Phi) is 6.06. The van der Waals surface area contributed by atoms with E-state index in [1.807, 2.05) is 12.1 Å². The summed E-state index contributed by atoms with van der Waals surface area (Å²) in [6.45, 7) is 6.69. The molecule has 0 bridgehead atoms. The lowest BCUT2D eigenvalue weighted by atomic mass is 9.95. The van der Waals surface area contributed by atoms with Gasteiger partial charge in [-0.3, -0.25) is 4.79 Å². The molecule has 4 heterocycles. The van der Waals surface area contributed by atoms with Crippen LogP contribution in [0.1, 0.15) is 34.7 Å². The van der Waals surface area contributed by atoms with Crippen LogP contribution >= 0.6 is 22.7 Å². The first-order valence-electron chi connectivity index (χ1n) is 11.2. The van der Waals surface area contributed by atoms with Gasteiger partial charge in [0.05, 0.1) is 20.6 Å². The van der Waals surface area contributed by atoms with Crippen molar-refractivity contribution in [2.24, 2.45) is 5.92 Å². The van der Waals surface area contributed by atoms with Crippen LogP contribution in [-0.4, -0.2) is 40.5 Å². The summed E-state index contributed by atoms with van der Waals surface area (Å²) in [5.74, 6) is 1.28. The molecule has 0 unspecified atom stereocenters. The Bertz CT molecular complexity index is 1220. The van der Waals surface area contributed by atoms with Crippen LogP contribution in [0.4, 0.5) is 5.82 Å². The van der Waals surface area contributed by atoms with Gasteiger partial charge >= 0.3 is 0 Å². The zero-order valence-corrected chi connectivity index (χ0v) is 20.1. The van der Waals surface area contributed by atoms with Crippen molar-refractivity contribution in [3.63, 3.8) is 0 Å². The normalized spacial score (nSPS) is 15.0. The van der Waals surface area contributed by atoms with Gasteiger partial charge in [-0.25, -0.2) is 15.0 Å². The number of thiophene rings is 1. The Balaban J connectivity index is 1.12. The molecule has 166 valence electrons. The van der Waals surface area contributed by atoms with Gasteiger partial charge in [-0.05, 0) is 50.8 Å². The molecular weight excluding hydrogens is 438 g/mol. The number of amides is 1. The molecule has 5 rings (SSSR count). The van der Waals surface area contributed by atoms with E-state index in [-0.39, 0.29) is 11.8 Å². The average Bonchev–Trinajstić information content (AvgIpc) is 3.36. The minimum Gasteiger partial charge on any atom is -0.356 e. The van der Waals surface area contributed by atoms with Crippen LogP contribution in [0, 0.1) is 19.8 Å². The second-order valence-electron chi connectivity index (χ2n) is 8.39. The number of hydrogen-bond acceptors (Lipinski definition) is 7. The van der Waals surface area contributed by atoms with E-state index in [0.717, 1.165) is 59.9 Å². The second kappa shape index (κ2) is 9.11. The number of rotatable bonds is 6. The number of nitrogens with zero attached hydrogens (tertiary/aromatic N) is 4. The Morgan fingerprint density at radius 3 is 2.78 bits per heavy atom. The molecule has 0 saturated carbocycles. The minimum absolute atomic E-state index is 0.0799. The molecule has 0 atom stereocenters. The molecular formula is C24H27N5OS2. The maximum absolute atomic E-state index is 12.7. The minimum atomic E-state index is 0.0799. The van der Waals surface area contributed by atoms with Crippen molar-refractivity contribution in [3.05, 3.63) is 46.0 Å². The van der Waals surface area contributed by atoms with E-state index in [0.29, 0.717) is 6.54 Å². The third-order valence-electron chi connectivity index (χ3n) is 6.32. The number of fused-ring (bicyclic) bond motifs is 2. The van der Waals surface area contributed by atoms with Gasteiger partial charge in [0.15, 0.2) is 0 Å².